The first kappa shape index (κ1) is 13.7. The van der Waals surface area contributed by atoms with Gasteiger partial charge in [0.1, 0.15) is 10.9 Å². The van der Waals surface area contributed by atoms with Crippen LogP contribution in [0.3, 0.4) is 0 Å². The number of benzene rings is 2. The molecule has 0 saturated heterocycles. The predicted octanol–water partition coefficient (Wildman–Crippen LogP) is 5.19. The van der Waals surface area contributed by atoms with Crippen molar-refractivity contribution in [3.05, 3.63) is 64.5 Å². The van der Waals surface area contributed by atoms with Crippen LogP contribution in [-0.4, -0.2) is 0 Å². The first-order valence-electron chi connectivity index (χ1n) is 6.34. The second kappa shape index (κ2) is 5.61. The third-order valence-electron chi connectivity index (χ3n) is 3.22. The van der Waals surface area contributed by atoms with Gasteiger partial charge in [-0.25, -0.2) is 0 Å². The summed E-state index contributed by atoms with van der Waals surface area (Å²) in [6.07, 6.45) is 0. The van der Waals surface area contributed by atoms with Crippen LogP contribution in [0.2, 0.25) is 5.02 Å². The van der Waals surface area contributed by atoms with Crippen molar-refractivity contribution in [2.45, 2.75) is 0 Å². The SMILES string of the molecule is N#Cc1sc(-c2ccc(Cl)cc2)c(-c2ccccc2)c1N. The van der Waals surface area contributed by atoms with Crippen molar-refractivity contribution in [1.29, 1.82) is 5.26 Å². The van der Waals surface area contributed by atoms with E-state index in [0.717, 1.165) is 21.6 Å². The number of nitrogen functional groups attached to an aromatic ring is 1. The zero-order chi connectivity index (χ0) is 14.8. The molecule has 0 bridgehead atoms. The number of anilines is 1. The van der Waals surface area contributed by atoms with Crippen molar-refractivity contribution in [2.75, 3.05) is 5.73 Å². The van der Waals surface area contributed by atoms with Gasteiger partial charge >= 0.3 is 0 Å². The summed E-state index contributed by atoms with van der Waals surface area (Å²) in [5, 5.41) is 9.94. The topological polar surface area (TPSA) is 49.8 Å². The Morgan fingerprint density at radius 1 is 0.952 bits per heavy atom. The summed E-state index contributed by atoms with van der Waals surface area (Å²) in [4.78, 5) is 1.53. The number of nitriles is 1. The van der Waals surface area contributed by atoms with Gasteiger partial charge in [0.05, 0.1) is 5.69 Å². The van der Waals surface area contributed by atoms with E-state index in [1.165, 1.54) is 11.3 Å². The maximum atomic E-state index is 9.25. The van der Waals surface area contributed by atoms with Crippen molar-refractivity contribution < 1.29 is 0 Å². The number of nitrogens with zero attached hydrogens (tertiary/aromatic N) is 1. The molecule has 0 spiro atoms. The molecule has 102 valence electrons. The molecule has 0 radical (unpaired) electrons. The van der Waals surface area contributed by atoms with Crippen LogP contribution in [-0.2, 0) is 0 Å². The number of thiophene rings is 1. The molecule has 3 aromatic rings. The molecule has 0 amide bonds. The minimum Gasteiger partial charge on any atom is -0.396 e. The summed E-state index contributed by atoms with van der Waals surface area (Å²) in [5.41, 5.74) is 9.65. The average molecular weight is 311 g/mol. The minimum absolute atomic E-state index is 0.540. The monoisotopic (exact) mass is 310 g/mol. The number of hydrogen-bond donors (Lipinski definition) is 1. The van der Waals surface area contributed by atoms with Crippen LogP contribution in [0.25, 0.3) is 21.6 Å². The van der Waals surface area contributed by atoms with Crippen molar-refractivity contribution in [2.24, 2.45) is 0 Å². The Balaban J connectivity index is 2.26. The number of rotatable bonds is 2. The molecule has 4 heteroatoms. The number of hydrogen-bond acceptors (Lipinski definition) is 3. The molecule has 2 nitrogen and oxygen atoms in total. The van der Waals surface area contributed by atoms with Gasteiger partial charge in [0.2, 0.25) is 0 Å². The molecule has 0 unspecified atom stereocenters. The highest BCUT2D eigenvalue weighted by molar-refractivity contribution is 7.17. The van der Waals surface area contributed by atoms with Crippen LogP contribution in [0.1, 0.15) is 4.88 Å². The molecule has 1 aromatic heterocycles. The lowest BCUT2D eigenvalue weighted by Crippen LogP contribution is -1.89. The highest BCUT2D eigenvalue weighted by Crippen LogP contribution is 2.44. The van der Waals surface area contributed by atoms with Crippen LogP contribution < -0.4 is 5.73 Å². The van der Waals surface area contributed by atoms with Gasteiger partial charge in [-0.05, 0) is 23.3 Å². The van der Waals surface area contributed by atoms with Crippen LogP contribution >= 0.6 is 22.9 Å². The Kier molecular flexibility index (Phi) is 3.66. The van der Waals surface area contributed by atoms with E-state index in [1.54, 1.807) is 0 Å². The van der Waals surface area contributed by atoms with E-state index >= 15 is 0 Å². The molecule has 2 N–H and O–H groups in total. The van der Waals surface area contributed by atoms with E-state index in [4.69, 9.17) is 17.3 Å². The molecule has 0 aliphatic carbocycles. The Bertz CT molecular complexity index is 814. The fraction of sp³-hybridized carbons (Fsp3) is 0. The molecule has 2 aromatic carbocycles. The quantitative estimate of drug-likeness (QED) is 0.708. The maximum absolute atomic E-state index is 9.25. The Morgan fingerprint density at radius 2 is 1.62 bits per heavy atom. The number of nitrogens with two attached hydrogens (primary N) is 1. The summed E-state index contributed by atoms with van der Waals surface area (Å²) in [7, 11) is 0. The first-order valence-corrected chi connectivity index (χ1v) is 7.54. The molecule has 21 heavy (non-hydrogen) atoms. The lowest BCUT2D eigenvalue weighted by Gasteiger charge is -2.06. The lowest BCUT2D eigenvalue weighted by molar-refractivity contribution is 1.52. The van der Waals surface area contributed by atoms with Gasteiger partial charge in [-0.3, -0.25) is 0 Å². The normalized spacial score (nSPS) is 10.3. The largest absolute Gasteiger partial charge is 0.396 e. The molecule has 0 fully saturated rings. The van der Waals surface area contributed by atoms with E-state index in [-0.39, 0.29) is 0 Å². The molecule has 0 aliphatic rings. The van der Waals surface area contributed by atoms with E-state index in [1.807, 2.05) is 54.6 Å². The Hall–Kier alpha value is -2.28. The third kappa shape index (κ3) is 2.52. The summed E-state index contributed by atoms with van der Waals surface area (Å²) < 4.78 is 0. The van der Waals surface area contributed by atoms with Gasteiger partial charge in [0.15, 0.2) is 0 Å². The predicted molar refractivity (Wildman–Crippen MR) is 89.3 cm³/mol. The molecular formula is C17H11ClN2S. The van der Waals surface area contributed by atoms with Crippen LogP contribution in [0.5, 0.6) is 0 Å². The second-order valence-corrected chi connectivity index (χ2v) is 5.99. The summed E-state index contributed by atoms with van der Waals surface area (Å²) in [5.74, 6) is 0. The van der Waals surface area contributed by atoms with Crippen molar-refractivity contribution in [1.82, 2.24) is 0 Å². The summed E-state index contributed by atoms with van der Waals surface area (Å²) in [6.45, 7) is 0. The molecule has 0 aliphatic heterocycles. The smallest absolute Gasteiger partial charge is 0.129 e. The van der Waals surface area contributed by atoms with E-state index < -0.39 is 0 Å². The van der Waals surface area contributed by atoms with Crippen molar-refractivity contribution in [3.8, 4) is 27.6 Å². The van der Waals surface area contributed by atoms with Crippen LogP contribution in [0, 0.1) is 11.3 Å². The van der Waals surface area contributed by atoms with Gasteiger partial charge in [-0.1, -0.05) is 54.1 Å². The highest BCUT2D eigenvalue weighted by Gasteiger charge is 2.18. The molecule has 0 atom stereocenters. The average Bonchev–Trinajstić information content (AvgIpc) is 2.85. The summed E-state index contributed by atoms with van der Waals surface area (Å²) in [6, 6.07) is 19.6. The molecule has 3 rings (SSSR count). The first-order chi connectivity index (χ1) is 10.2. The van der Waals surface area contributed by atoms with Gasteiger partial charge in [-0.2, -0.15) is 5.26 Å². The summed E-state index contributed by atoms with van der Waals surface area (Å²) >= 11 is 7.36. The number of halogens is 1. The standard InChI is InChI=1S/C17H11ClN2S/c18-13-8-6-12(7-9-13)17-15(11-4-2-1-3-5-11)16(20)14(10-19)21-17/h1-9H,20H2. The Morgan fingerprint density at radius 3 is 2.24 bits per heavy atom. The fourth-order valence-corrected chi connectivity index (χ4v) is 3.39. The van der Waals surface area contributed by atoms with E-state index in [9.17, 15) is 5.26 Å². The van der Waals surface area contributed by atoms with Crippen LogP contribution in [0.4, 0.5) is 5.69 Å². The fourth-order valence-electron chi connectivity index (χ4n) is 2.22. The van der Waals surface area contributed by atoms with Crippen molar-refractivity contribution in [3.63, 3.8) is 0 Å². The Labute approximate surface area is 132 Å². The maximum Gasteiger partial charge on any atom is 0.129 e. The molecule has 1 heterocycles. The van der Waals surface area contributed by atoms with Crippen LogP contribution in [0.15, 0.2) is 54.6 Å². The molecular weight excluding hydrogens is 300 g/mol. The lowest BCUT2D eigenvalue weighted by atomic mass is 10.0. The van der Waals surface area contributed by atoms with Gasteiger partial charge in [0.25, 0.3) is 0 Å². The van der Waals surface area contributed by atoms with Gasteiger partial charge in [0, 0.05) is 15.5 Å². The van der Waals surface area contributed by atoms with Crippen molar-refractivity contribution >= 4 is 28.6 Å². The highest BCUT2D eigenvalue weighted by atomic mass is 35.5. The zero-order valence-corrected chi connectivity index (χ0v) is 12.6. The van der Waals surface area contributed by atoms with Gasteiger partial charge < -0.3 is 5.73 Å². The van der Waals surface area contributed by atoms with Gasteiger partial charge in [-0.15, -0.1) is 11.3 Å². The minimum atomic E-state index is 0.540. The zero-order valence-electron chi connectivity index (χ0n) is 11.0. The molecule has 0 saturated carbocycles. The third-order valence-corrected chi connectivity index (χ3v) is 4.63. The van der Waals surface area contributed by atoms with E-state index in [2.05, 4.69) is 6.07 Å². The second-order valence-electron chi connectivity index (χ2n) is 4.53. The van der Waals surface area contributed by atoms with E-state index in [0.29, 0.717) is 15.6 Å².